The molecular weight excluding hydrogens is 340 g/mol. The molecule has 140 valence electrons. The summed E-state index contributed by atoms with van der Waals surface area (Å²) in [6.45, 7) is 3.16. The molecular formula is C18H28N2O4S. The maximum absolute atomic E-state index is 12.2. The van der Waals surface area contributed by atoms with E-state index in [4.69, 9.17) is 4.74 Å². The highest BCUT2D eigenvalue weighted by Gasteiger charge is 2.21. The molecule has 1 fully saturated rings. The Kier molecular flexibility index (Phi) is 7.25. The first kappa shape index (κ1) is 19.7. The topological polar surface area (TPSA) is 75.7 Å². The average molecular weight is 368 g/mol. The van der Waals surface area contributed by atoms with Crippen molar-refractivity contribution in [1.82, 2.24) is 10.2 Å². The Morgan fingerprint density at radius 2 is 1.88 bits per heavy atom. The molecule has 1 aliphatic rings. The third-order valence-electron chi connectivity index (χ3n) is 4.52. The number of carbonyl (C=O) groups is 1. The molecule has 1 aliphatic heterocycles. The van der Waals surface area contributed by atoms with E-state index in [9.17, 15) is 13.2 Å². The summed E-state index contributed by atoms with van der Waals surface area (Å²) in [6.07, 6.45) is 4.45. The van der Waals surface area contributed by atoms with Crippen molar-refractivity contribution in [3.63, 3.8) is 0 Å². The van der Waals surface area contributed by atoms with Gasteiger partial charge in [-0.1, -0.05) is 0 Å². The number of hydrogen-bond donors (Lipinski definition) is 1. The quantitative estimate of drug-likeness (QED) is 0.707. The van der Waals surface area contributed by atoms with Crippen molar-refractivity contribution in [1.29, 1.82) is 0 Å². The summed E-state index contributed by atoms with van der Waals surface area (Å²) < 4.78 is 28.4. The Balaban J connectivity index is 1.66. The van der Waals surface area contributed by atoms with Crippen LogP contribution in [0.3, 0.4) is 0 Å². The number of nitrogens with zero attached hydrogens (tertiary/aromatic N) is 1. The zero-order valence-electron chi connectivity index (χ0n) is 15.0. The fraction of sp³-hybridized carbons (Fsp3) is 0.611. The molecule has 6 nitrogen and oxygen atoms in total. The zero-order valence-corrected chi connectivity index (χ0v) is 15.8. The van der Waals surface area contributed by atoms with Gasteiger partial charge in [0.2, 0.25) is 5.91 Å². The SMILES string of the molecule is CNCC1CCN(C(=O)CCCOc2ccc(S(C)(=O)=O)cc2)CC1. The number of rotatable bonds is 8. The molecule has 0 spiro atoms. The van der Waals surface area contributed by atoms with Crippen molar-refractivity contribution in [2.24, 2.45) is 5.92 Å². The lowest BCUT2D eigenvalue weighted by molar-refractivity contribution is -0.132. The highest BCUT2D eigenvalue weighted by molar-refractivity contribution is 7.90. The van der Waals surface area contributed by atoms with Crippen LogP contribution in [-0.2, 0) is 14.6 Å². The van der Waals surface area contributed by atoms with Crippen LogP contribution >= 0.6 is 0 Å². The summed E-state index contributed by atoms with van der Waals surface area (Å²) in [5.74, 6) is 1.49. The van der Waals surface area contributed by atoms with E-state index in [1.165, 1.54) is 18.4 Å². The van der Waals surface area contributed by atoms with Gasteiger partial charge in [-0.2, -0.15) is 0 Å². The third-order valence-corrected chi connectivity index (χ3v) is 5.64. The van der Waals surface area contributed by atoms with E-state index >= 15 is 0 Å². The molecule has 25 heavy (non-hydrogen) atoms. The molecule has 0 radical (unpaired) electrons. The van der Waals surface area contributed by atoms with Crippen LogP contribution in [0.2, 0.25) is 0 Å². The maximum atomic E-state index is 12.2. The summed E-state index contributed by atoms with van der Waals surface area (Å²) in [5.41, 5.74) is 0. The van der Waals surface area contributed by atoms with Crippen LogP contribution < -0.4 is 10.1 Å². The standard InChI is InChI=1S/C18H28N2O4S/c1-19-14-15-9-11-20(12-10-15)18(21)4-3-13-24-16-5-7-17(8-6-16)25(2,22)23/h5-8,15,19H,3-4,9-14H2,1-2H3. The van der Waals surface area contributed by atoms with Gasteiger partial charge in [-0.25, -0.2) is 8.42 Å². The van der Waals surface area contributed by atoms with Crippen molar-refractivity contribution < 1.29 is 17.9 Å². The number of benzene rings is 1. The van der Waals surface area contributed by atoms with Gasteiger partial charge >= 0.3 is 0 Å². The summed E-state index contributed by atoms with van der Waals surface area (Å²) in [6, 6.07) is 6.35. The van der Waals surface area contributed by atoms with Crippen LogP contribution in [0.25, 0.3) is 0 Å². The minimum Gasteiger partial charge on any atom is -0.494 e. The molecule has 1 aromatic rings. The third kappa shape index (κ3) is 6.32. The Labute approximate surface area is 150 Å². The number of likely N-dealkylation sites (tertiary alicyclic amines) is 1. The second-order valence-corrected chi connectivity index (χ2v) is 8.59. The average Bonchev–Trinajstić information content (AvgIpc) is 2.59. The van der Waals surface area contributed by atoms with E-state index in [0.29, 0.717) is 31.1 Å². The number of amides is 1. The lowest BCUT2D eigenvalue weighted by Gasteiger charge is -2.32. The summed E-state index contributed by atoms with van der Waals surface area (Å²) in [7, 11) is -1.22. The minimum absolute atomic E-state index is 0.193. The number of carbonyl (C=O) groups excluding carboxylic acids is 1. The zero-order chi connectivity index (χ0) is 18.3. The Hall–Kier alpha value is -1.60. The molecule has 1 saturated heterocycles. The monoisotopic (exact) mass is 368 g/mol. The highest BCUT2D eigenvalue weighted by atomic mass is 32.2. The summed E-state index contributed by atoms with van der Waals surface area (Å²) in [4.78, 5) is 14.4. The van der Waals surface area contributed by atoms with Crippen molar-refractivity contribution in [2.45, 2.75) is 30.6 Å². The second-order valence-electron chi connectivity index (χ2n) is 6.58. The molecule has 0 saturated carbocycles. The van der Waals surface area contributed by atoms with Gasteiger partial charge in [0.1, 0.15) is 5.75 Å². The first-order valence-corrected chi connectivity index (χ1v) is 10.6. The number of piperidine rings is 1. The molecule has 0 aliphatic carbocycles. The molecule has 0 unspecified atom stereocenters. The largest absolute Gasteiger partial charge is 0.494 e. The summed E-state index contributed by atoms with van der Waals surface area (Å²) in [5, 5.41) is 3.20. The fourth-order valence-corrected chi connectivity index (χ4v) is 3.66. The molecule has 2 rings (SSSR count). The fourth-order valence-electron chi connectivity index (χ4n) is 3.03. The number of ether oxygens (including phenoxy) is 1. The van der Waals surface area contributed by atoms with E-state index in [2.05, 4.69) is 5.32 Å². The van der Waals surface area contributed by atoms with E-state index in [0.717, 1.165) is 32.5 Å². The van der Waals surface area contributed by atoms with Gasteiger partial charge in [0.05, 0.1) is 11.5 Å². The summed E-state index contributed by atoms with van der Waals surface area (Å²) >= 11 is 0. The second kappa shape index (κ2) is 9.20. The van der Waals surface area contributed by atoms with Crippen LogP contribution in [-0.4, -0.2) is 58.8 Å². The van der Waals surface area contributed by atoms with Crippen molar-refractivity contribution >= 4 is 15.7 Å². The normalized spacial score (nSPS) is 16.0. The molecule has 0 bridgehead atoms. The molecule has 1 heterocycles. The lowest BCUT2D eigenvalue weighted by atomic mass is 9.96. The predicted octanol–water partition coefficient (Wildman–Crippen LogP) is 1.71. The van der Waals surface area contributed by atoms with Crippen LogP contribution in [0.4, 0.5) is 0 Å². The predicted molar refractivity (Wildman–Crippen MR) is 97.5 cm³/mol. The smallest absolute Gasteiger partial charge is 0.222 e. The first-order valence-electron chi connectivity index (χ1n) is 8.75. The Bertz CT molecular complexity index is 650. The van der Waals surface area contributed by atoms with Gasteiger partial charge in [0.25, 0.3) is 0 Å². The maximum Gasteiger partial charge on any atom is 0.222 e. The van der Waals surface area contributed by atoms with Crippen LogP contribution in [0.1, 0.15) is 25.7 Å². The molecule has 0 atom stereocenters. The molecule has 1 N–H and O–H groups in total. The van der Waals surface area contributed by atoms with Crippen LogP contribution in [0.15, 0.2) is 29.2 Å². The van der Waals surface area contributed by atoms with Gasteiger partial charge in [0, 0.05) is 25.8 Å². The van der Waals surface area contributed by atoms with Gasteiger partial charge in [-0.05, 0) is 63.0 Å². The van der Waals surface area contributed by atoms with Crippen molar-refractivity contribution in [2.75, 3.05) is 39.5 Å². The van der Waals surface area contributed by atoms with Gasteiger partial charge in [0.15, 0.2) is 9.84 Å². The number of nitrogens with one attached hydrogen (secondary N) is 1. The van der Waals surface area contributed by atoms with Gasteiger partial charge in [-0.15, -0.1) is 0 Å². The highest BCUT2D eigenvalue weighted by Crippen LogP contribution is 2.18. The molecule has 0 aromatic heterocycles. The molecule has 1 amide bonds. The Morgan fingerprint density at radius 1 is 1.24 bits per heavy atom. The van der Waals surface area contributed by atoms with Crippen molar-refractivity contribution in [3.05, 3.63) is 24.3 Å². The molecule has 1 aromatic carbocycles. The van der Waals surface area contributed by atoms with E-state index in [-0.39, 0.29) is 10.8 Å². The van der Waals surface area contributed by atoms with Gasteiger partial charge < -0.3 is 15.0 Å². The van der Waals surface area contributed by atoms with E-state index in [1.807, 2.05) is 11.9 Å². The number of hydrogen-bond acceptors (Lipinski definition) is 5. The Morgan fingerprint density at radius 3 is 2.44 bits per heavy atom. The van der Waals surface area contributed by atoms with Crippen molar-refractivity contribution in [3.8, 4) is 5.75 Å². The minimum atomic E-state index is -3.19. The van der Waals surface area contributed by atoms with Gasteiger partial charge in [-0.3, -0.25) is 4.79 Å². The molecule has 7 heteroatoms. The van der Waals surface area contributed by atoms with Crippen LogP contribution in [0.5, 0.6) is 5.75 Å². The van der Waals surface area contributed by atoms with E-state index in [1.54, 1.807) is 12.1 Å². The lowest BCUT2D eigenvalue weighted by Crippen LogP contribution is -2.40. The van der Waals surface area contributed by atoms with Crippen LogP contribution in [0, 0.1) is 5.92 Å². The first-order chi connectivity index (χ1) is 11.9. The number of sulfone groups is 1. The van der Waals surface area contributed by atoms with E-state index < -0.39 is 9.84 Å².